The van der Waals surface area contributed by atoms with Crippen molar-refractivity contribution in [2.45, 2.75) is 11.8 Å². The zero-order valence-corrected chi connectivity index (χ0v) is 17.6. The molecule has 31 heavy (non-hydrogen) atoms. The third-order valence-corrected chi connectivity index (χ3v) is 6.45. The minimum Gasteiger partial charge on any atom is -0.368 e. The Labute approximate surface area is 181 Å². The van der Waals surface area contributed by atoms with E-state index in [1.165, 1.54) is 30.5 Å². The Morgan fingerprint density at radius 2 is 1.84 bits per heavy atom. The number of halogens is 3. The Balaban J connectivity index is 1.80. The Bertz CT molecular complexity index is 1450. The van der Waals surface area contributed by atoms with Crippen LogP contribution in [0.1, 0.15) is 5.56 Å². The summed E-state index contributed by atoms with van der Waals surface area (Å²) < 4.78 is 57.5. The molecule has 0 aliphatic rings. The second-order valence-electron chi connectivity index (χ2n) is 6.83. The van der Waals surface area contributed by atoms with Crippen LogP contribution in [0.4, 0.5) is 20.4 Å². The summed E-state index contributed by atoms with van der Waals surface area (Å²) in [5.41, 5.74) is 6.09. The smallest absolute Gasteiger partial charge is 0.263 e. The van der Waals surface area contributed by atoms with Gasteiger partial charge >= 0.3 is 0 Å². The normalized spacial score (nSPS) is 11.6. The summed E-state index contributed by atoms with van der Waals surface area (Å²) in [6, 6.07) is 10.9. The maximum Gasteiger partial charge on any atom is 0.263 e. The summed E-state index contributed by atoms with van der Waals surface area (Å²) in [5, 5.41) is 0.498. The van der Waals surface area contributed by atoms with Gasteiger partial charge in [0.05, 0.1) is 21.8 Å². The van der Waals surface area contributed by atoms with Crippen molar-refractivity contribution < 1.29 is 17.2 Å². The van der Waals surface area contributed by atoms with E-state index in [1.54, 1.807) is 19.1 Å². The van der Waals surface area contributed by atoms with Crippen LogP contribution in [0.25, 0.3) is 22.0 Å². The number of rotatable bonds is 4. The summed E-state index contributed by atoms with van der Waals surface area (Å²) >= 11 is 6.01. The van der Waals surface area contributed by atoms with Crippen LogP contribution in [-0.4, -0.2) is 18.4 Å². The van der Waals surface area contributed by atoms with Crippen molar-refractivity contribution in [1.82, 2.24) is 9.97 Å². The highest BCUT2D eigenvalue weighted by atomic mass is 35.5. The minimum atomic E-state index is -4.22. The molecule has 0 fully saturated rings. The van der Waals surface area contributed by atoms with E-state index in [0.717, 1.165) is 12.1 Å². The molecule has 0 atom stereocenters. The van der Waals surface area contributed by atoms with Crippen LogP contribution in [0.5, 0.6) is 0 Å². The van der Waals surface area contributed by atoms with E-state index < -0.39 is 32.9 Å². The van der Waals surface area contributed by atoms with Gasteiger partial charge in [-0.25, -0.2) is 27.2 Å². The highest BCUT2D eigenvalue weighted by Crippen LogP contribution is 2.34. The van der Waals surface area contributed by atoms with Gasteiger partial charge in [-0.3, -0.25) is 4.72 Å². The van der Waals surface area contributed by atoms with Gasteiger partial charge < -0.3 is 5.73 Å². The van der Waals surface area contributed by atoms with Crippen LogP contribution in [0.2, 0.25) is 5.02 Å². The second-order valence-corrected chi connectivity index (χ2v) is 8.88. The third-order valence-electron chi connectivity index (χ3n) is 4.60. The van der Waals surface area contributed by atoms with Crippen LogP contribution >= 0.6 is 11.6 Å². The summed E-state index contributed by atoms with van der Waals surface area (Å²) in [6.07, 6.45) is 1.43. The molecule has 1 heterocycles. The molecule has 4 aromatic rings. The van der Waals surface area contributed by atoms with Gasteiger partial charge in [0.25, 0.3) is 10.0 Å². The summed E-state index contributed by atoms with van der Waals surface area (Å²) in [5.74, 6) is -1.85. The Morgan fingerprint density at radius 1 is 1.06 bits per heavy atom. The monoisotopic (exact) mass is 460 g/mol. The molecule has 0 aliphatic heterocycles. The van der Waals surface area contributed by atoms with Crippen LogP contribution < -0.4 is 10.5 Å². The van der Waals surface area contributed by atoms with E-state index in [-0.39, 0.29) is 21.4 Å². The number of nitrogens with two attached hydrogens (primary N) is 1. The maximum atomic E-state index is 15.3. The molecule has 6 nitrogen and oxygen atoms in total. The van der Waals surface area contributed by atoms with Crippen molar-refractivity contribution in [3.63, 3.8) is 0 Å². The predicted molar refractivity (Wildman–Crippen MR) is 116 cm³/mol. The topological polar surface area (TPSA) is 98.0 Å². The van der Waals surface area contributed by atoms with E-state index >= 15 is 4.39 Å². The zero-order valence-electron chi connectivity index (χ0n) is 16.0. The molecule has 10 heteroatoms. The average molecular weight is 461 g/mol. The molecule has 3 N–H and O–H groups in total. The van der Waals surface area contributed by atoms with Crippen molar-refractivity contribution in [2.75, 3.05) is 10.5 Å². The van der Waals surface area contributed by atoms with Crippen molar-refractivity contribution in [1.29, 1.82) is 0 Å². The van der Waals surface area contributed by atoms with Crippen molar-refractivity contribution in [3.8, 4) is 11.1 Å². The van der Waals surface area contributed by atoms with E-state index in [2.05, 4.69) is 14.7 Å². The number of nitrogens with one attached hydrogen (secondary N) is 1. The van der Waals surface area contributed by atoms with Crippen molar-refractivity contribution >= 4 is 44.2 Å². The van der Waals surface area contributed by atoms with Gasteiger partial charge in [0, 0.05) is 11.6 Å². The predicted octanol–water partition coefficient (Wildman–Crippen LogP) is 4.92. The summed E-state index contributed by atoms with van der Waals surface area (Å²) in [7, 11) is -4.22. The number of nitrogen functional groups attached to an aromatic ring is 1. The molecular formula is C21H15ClF2N4O2S. The van der Waals surface area contributed by atoms with Gasteiger partial charge in [-0.15, -0.1) is 0 Å². The first kappa shape index (κ1) is 21.0. The van der Waals surface area contributed by atoms with E-state index in [1.807, 2.05) is 0 Å². The fourth-order valence-electron chi connectivity index (χ4n) is 3.12. The number of anilines is 2. The quantitative estimate of drug-likeness (QED) is 0.450. The van der Waals surface area contributed by atoms with Crippen molar-refractivity contribution in [2.24, 2.45) is 0 Å². The molecule has 0 aliphatic carbocycles. The van der Waals surface area contributed by atoms with Crippen molar-refractivity contribution in [3.05, 3.63) is 76.9 Å². The number of hydrogen-bond acceptors (Lipinski definition) is 5. The van der Waals surface area contributed by atoms with Gasteiger partial charge in [0.15, 0.2) is 5.82 Å². The molecule has 0 amide bonds. The SMILES string of the molecule is Cc1ccc(Cl)c(S(=O)(=O)Nc2ccc(F)c(-c3ccc4nc(N)ncc4c3)c2F)c1. The molecule has 0 saturated heterocycles. The van der Waals surface area contributed by atoms with E-state index in [4.69, 9.17) is 17.3 Å². The lowest BCUT2D eigenvalue weighted by molar-refractivity contribution is 0.588. The number of benzene rings is 3. The Kier molecular flexibility index (Phi) is 5.24. The highest BCUT2D eigenvalue weighted by molar-refractivity contribution is 7.92. The zero-order chi connectivity index (χ0) is 22.3. The van der Waals surface area contributed by atoms with E-state index in [0.29, 0.717) is 16.5 Å². The lowest BCUT2D eigenvalue weighted by atomic mass is 10.0. The average Bonchev–Trinajstić information content (AvgIpc) is 2.72. The molecule has 0 radical (unpaired) electrons. The number of aryl methyl sites for hydroxylation is 1. The fraction of sp³-hybridized carbons (Fsp3) is 0.0476. The fourth-order valence-corrected chi connectivity index (χ4v) is 4.76. The largest absolute Gasteiger partial charge is 0.368 e. The second kappa shape index (κ2) is 7.75. The number of aromatic nitrogens is 2. The molecule has 4 rings (SSSR count). The van der Waals surface area contributed by atoms with E-state index in [9.17, 15) is 12.8 Å². The third kappa shape index (κ3) is 4.01. The van der Waals surface area contributed by atoms with Gasteiger partial charge in [-0.2, -0.15) is 0 Å². The molecule has 0 unspecified atom stereocenters. The number of hydrogen-bond donors (Lipinski definition) is 2. The molecule has 158 valence electrons. The van der Waals surface area contributed by atoms with Gasteiger partial charge in [0.2, 0.25) is 5.95 Å². The number of sulfonamides is 1. The molecule has 0 bridgehead atoms. The van der Waals surface area contributed by atoms with Crippen LogP contribution in [-0.2, 0) is 10.0 Å². The van der Waals surface area contributed by atoms with Crippen LogP contribution in [0.15, 0.2) is 59.6 Å². The molecule has 1 aromatic heterocycles. The highest BCUT2D eigenvalue weighted by Gasteiger charge is 2.23. The molecular weight excluding hydrogens is 446 g/mol. The van der Waals surface area contributed by atoms with Crippen LogP contribution in [0.3, 0.4) is 0 Å². The first-order valence-corrected chi connectivity index (χ1v) is 10.8. The molecule has 3 aromatic carbocycles. The summed E-state index contributed by atoms with van der Waals surface area (Å²) in [4.78, 5) is 7.71. The summed E-state index contributed by atoms with van der Waals surface area (Å²) in [6.45, 7) is 1.70. The number of fused-ring (bicyclic) bond motifs is 1. The lowest BCUT2D eigenvalue weighted by Gasteiger charge is -2.14. The van der Waals surface area contributed by atoms with Crippen LogP contribution in [0, 0.1) is 18.6 Å². The Morgan fingerprint density at radius 3 is 2.61 bits per heavy atom. The van der Waals surface area contributed by atoms with Gasteiger partial charge in [-0.1, -0.05) is 23.7 Å². The maximum absolute atomic E-state index is 15.3. The first-order chi connectivity index (χ1) is 14.7. The standard InChI is InChI=1S/C21H15ClF2N4O2S/c1-11-2-4-14(22)18(8-11)31(29,30)28-17-7-5-15(23)19(20(17)24)12-3-6-16-13(9-12)10-26-21(25)27-16/h2-10,28H,1H3,(H2,25,26,27). The van der Waals surface area contributed by atoms with Gasteiger partial charge in [0.1, 0.15) is 10.7 Å². The number of nitrogens with zero attached hydrogens (tertiary/aromatic N) is 2. The molecule has 0 saturated carbocycles. The Hall–Kier alpha value is -3.30. The van der Waals surface area contributed by atoms with Gasteiger partial charge in [-0.05, 0) is 54.4 Å². The first-order valence-electron chi connectivity index (χ1n) is 8.95. The lowest BCUT2D eigenvalue weighted by Crippen LogP contribution is -2.15. The molecule has 0 spiro atoms. The minimum absolute atomic E-state index is 0.0188.